The predicted molar refractivity (Wildman–Crippen MR) is 312 cm³/mol. The molecule has 0 aliphatic rings. The van der Waals surface area contributed by atoms with Crippen molar-refractivity contribution in [3.8, 4) is 0 Å². The minimum absolute atomic E-state index is 0.0156. The number of quaternary nitrogens is 1. The van der Waals surface area contributed by atoms with Crippen LogP contribution >= 0.6 is 7.82 Å². The molecule has 430 valence electrons. The molecule has 3 atom stereocenters. The molecule has 0 aromatic rings. The van der Waals surface area contributed by atoms with Crippen molar-refractivity contribution >= 4 is 13.7 Å². The molecule has 1 amide bonds. The molecule has 8 nitrogen and oxygen atoms in total. The number of carbonyl (C=O) groups excluding carboxylic acids is 1. The summed E-state index contributed by atoms with van der Waals surface area (Å²) in [5, 5.41) is 14.0. The number of allylic oxidation sites excluding steroid dienone is 2. The molecule has 0 saturated carbocycles. The molecule has 3 unspecified atom stereocenters. The number of nitrogens with zero attached hydrogens (tertiary/aromatic N) is 1. The molecule has 9 heteroatoms. The molecule has 0 fully saturated rings. The zero-order chi connectivity index (χ0) is 52.7. The Morgan fingerprint density at radius 2 is 0.764 bits per heavy atom. The highest BCUT2D eigenvalue weighted by molar-refractivity contribution is 7.45. The van der Waals surface area contributed by atoms with E-state index in [0.29, 0.717) is 23.9 Å². The number of unbranched alkanes of at least 4 members (excludes halogenated alkanes) is 45. The van der Waals surface area contributed by atoms with Crippen molar-refractivity contribution in [1.82, 2.24) is 5.32 Å². The third-order valence-corrected chi connectivity index (χ3v) is 16.0. The van der Waals surface area contributed by atoms with Crippen LogP contribution in [0.25, 0.3) is 0 Å². The van der Waals surface area contributed by atoms with Crippen LogP contribution in [0.2, 0.25) is 0 Å². The van der Waals surface area contributed by atoms with Crippen LogP contribution in [0.15, 0.2) is 12.2 Å². The molecule has 72 heavy (non-hydrogen) atoms. The lowest BCUT2D eigenvalue weighted by atomic mass is 10.0. The van der Waals surface area contributed by atoms with E-state index < -0.39 is 20.0 Å². The number of aliphatic hydroxyl groups excluding tert-OH is 1. The number of hydrogen-bond donors (Lipinski definition) is 2. The summed E-state index contributed by atoms with van der Waals surface area (Å²) in [7, 11) is 1.32. The fraction of sp³-hybridized carbons (Fsp3) is 0.952. The van der Waals surface area contributed by atoms with E-state index in [1.54, 1.807) is 0 Å². The maximum atomic E-state index is 13.0. The van der Waals surface area contributed by atoms with E-state index in [0.717, 1.165) is 38.5 Å². The number of likely N-dealkylation sites (N-methyl/N-ethyl adjacent to an activating group) is 1. The van der Waals surface area contributed by atoms with Crippen molar-refractivity contribution in [1.29, 1.82) is 0 Å². The highest BCUT2D eigenvalue weighted by Crippen LogP contribution is 2.38. The van der Waals surface area contributed by atoms with E-state index in [1.165, 1.54) is 270 Å². The second kappa shape index (κ2) is 55.0. The topological polar surface area (TPSA) is 108 Å². The molecule has 0 spiro atoms. The standard InChI is InChI=1S/C63H127N2O6P/c1-6-8-10-12-14-16-18-19-20-21-22-23-24-25-26-27-28-29-30-31-32-33-34-35-36-37-38-39-40-41-42-43-44-45-47-49-51-53-55-57-63(67)64-61(60-71-72(68,69)70-59-58-65(3,4)5)62(66)56-54-52-50-48-46-17-15-13-11-9-7-2/h21-22,61-62,66H,6-20,23-60H2,1-5H3,(H-,64,67,68,69)/b22-21-. The predicted octanol–water partition coefficient (Wildman–Crippen LogP) is 19.1. The first-order valence-corrected chi connectivity index (χ1v) is 33.5. The monoisotopic (exact) mass is 1040 g/mol. The van der Waals surface area contributed by atoms with E-state index in [1.807, 2.05) is 21.1 Å². The van der Waals surface area contributed by atoms with Crippen molar-refractivity contribution in [2.45, 2.75) is 347 Å². The molecule has 0 aromatic heterocycles. The van der Waals surface area contributed by atoms with Gasteiger partial charge in [-0.15, -0.1) is 0 Å². The first-order valence-electron chi connectivity index (χ1n) is 32.0. The summed E-state index contributed by atoms with van der Waals surface area (Å²) in [4.78, 5) is 25.5. The van der Waals surface area contributed by atoms with Crippen molar-refractivity contribution in [2.24, 2.45) is 0 Å². The van der Waals surface area contributed by atoms with Crippen molar-refractivity contribution < 1.29 is 32.9 Å². The second-order valence-corrected chi connectivity index (χ2v) is 24.9. The summed E-state index contributed by atoms with van der Waals surface area (Å²) in [5.41, 5.74) is 0. The quantitative estimate of drug-likeness (QED) is 0.0272. The van der Waals surface area contributed by atoms with Gasteiger partial charge in [-0.3, -0.25) is 9.36 Å². The Hall–Kier alpha value is -0.760. The summed E-state index contributed by atoms with van der Waals surface area (Å²) in [6, 6.07) is -0.795. The molecule has 0 rings (SSSR count). The van der Waals surface area contributed by atoms with Crippen LogP contribution in [0.4, 0.5) is 0 Å². The number of rotatable bonds is 60. The van der Waals surface area contributed by atoms with Crippen LogP contribution in [0.1, 0.15) is 335 Å². The van der Waals surface area contributed by atoms with Crippen LogP contribution < -0.4 is 10.2 Å². The smallest absolute Gasteiger partial charge is 0.268 e. The first-order chi connectivity index (χ1) is 35.0. The average molecular weight is 1040 g/mol. The third kappa shape index (κ3) is 57.0. The van der Waals surface area contributed by atoms with Crippen LogP contribution in [0, 0.1) is 0 Å². The molecular weight excluding hydrogens is 912 g/mol. The molecule has 0 heterocycles. The van der Waals surface area contributed by atoms with E-state index >= 15 is 0 Å². The van der Waals surface area contributed by atoms with Gasteiger partial charge < -0.3 is 28.8 Å². The Morgan fingerprint density at radius 3 is 1.08 bits per heavy atom. The normalized spacial score (nSPS) is 13.8. The summed E-state index contributed by atoms with van der Waals surface area (Å²) in [5.74, 6) is -0.159. The fourth-order valence-corrected chi connectivity index (χ4v) is 10.7. The molecule has 0 bridgehead atoms. The van der Waals surface area contributed by atoms with Gasteiger partial charge in [0.05, 0.1) is 39.9 Å². The number of amides is 1. The Balaban J connectivity index is 3.78. The lowest BCUT2D eigenvalue weighted by molar-refractivity contribution is -0.870. The minimum Gasteiger partial charge on any atom is -0.756 e. The van der Waals surface area contributed by atoms with Crippen LogP contribution in [0.5, 0.6) is 0 Å². The van der Waals surface area contributed by atoms with Crippen molar-refractivity contribution in [3.63, 3.8) is 0 Å². The highest BCUT2D eigenvalue weighted by atomic mass is 31.2. The van der Waals surface area contributed by atoms with Crippen LogP contribution in [-0.4, -0.2) is 68.5 Å². The van der Waals surface area contributed by atoms with E-state index in [2.05, 4.69) is 31.3 Å². The average Bonchev–Trinajstić information content (AvgIpc) is 3.34. The summed E-state index contributed by atoms with van der Waals surface area (Å²) < 4.78 is 23.4. The Morgan fingerprint density at radius 1 is 0.472 bits per heavy atom. The molecule has 0 aromatic carbocycles. The fourth-order valence-electron chi connectivity index (χ4n) is 9.98. The maximum absolute atomic E-state index is 13.0. The van der Waals surface area contributed by atoms with Gasteiger partial charge in [0, 0.05) is 6.42 Å². The Bertz CT molecular complexity index is 1180. The molecule has 0 saturated heterocycles. The second-order valence-electron chi connectivity index (χ2n) is 23.5. The Kier molecular flexibility index (Phi) is 54.4. The van der Waals surface area contributed by atoms with E-state index in [4.69, 9.17) is 9.05 Å². The number of phosphoric ester groups is 1. The molecule has 0 aliphatic carbocycles. The number of hydrogen-bond acceptors (Lipinski definition) is 6. The number of nitrogens with one attached hydrogen (secondary N) is 1. The number of aliphatic hydroxyl groups is 1. The van der Waals surface area contributed by atoms with Gasteiger partial charge in [0.15, 0.2) is 0 Å². The first kappa shape index (κ1) is 71.2. The van der Waals surface area contributed by atoms with Gasteiger partial charge in [-0.25, -0.2) is 0 Å². The van der Waals surface area contributed by atoms with E-state index in [-0.39, 0.29) is 19.1 Å². The van der Waals surface area contributed by atoms with E-state index in [9.17, 15) is 19.4 Å². The lowest BCUT2D eigenvalue weighted by Gasteiger charge is -2.30. The van der Waals surface area contributed by atoms with Gasteiger partial charge in [0.1, 0.15) is 13.2 Å². The minimum atomic E-state index is -4.56. The molecule has 0 radical (unpaired) electrons. The summed E-state index contributed by atoms with van der Waals surface area (Å²) in [6.45, 7) is 4.75. The highest BCUT2D eigenvalue weighted by Gasteiger charge is 2.24. The summed E-state index contributed by atoms with van der Waals surface area (Å²) in [6.07, 6.45) is 68.7. The SMILES string of the molecule is CCCCCCCCCC/C=C\CCCCCCCCCCCCCCCCCCCCCCCCCCCCCC(=O)NC(COP(=O)([O-])OCC[N+](C)(C)C)C(O)CCCCCCCCCCCCC. The summed E-state index contributed by atoms with van der Waals surface area (Å²) >= 11 is 0. The molecule has 0 aliphatic heterocycles. The zero-order valence-electron chi connectivity index (χ0n) is 49.2. The zero-order valence-corrected chi connectivity index (χ0v) is 50.1. The van der Waals surface area contributed by atoms with Crippen LogP contribution in [0.3, 0.4) is 0 Å². The van der Waals surface area contributed by atoms with Gasteiger partial charge in [-0.1, -0.05) is 302 Å². The van der Waals surface area contributed by atoms with Gasteiger partial charge in [0.25, 0.3) is 7.82 Å². The van der Waals surface area contributed by atoms with Crippen LogP contribution in [-0.2, 0) is 18.4 Å². The van der Waals surface area contributed by atoms with Gasteiger partial charge in [-0.05, 0) is 38.5 Å². The van der Waals surface area contributed by atoms with Crippen molar-refractivity contribution in [3.05, 3.63) is 12.2 Å². The molecular formula is C63H127N2O6P. The van der Waals surface area contributed by atoms with Gasteiger partial charge in [0.2, 0.25) is 5.91 Å². The lowest BCUT2D eigenvalue weighted by Crippen LogP contribution is -2.46. The Labute approximate surface area is 450 Å². The molecule has 2 N–H and O–H groups in total. The van der Waals surface area contributed by atoms with Gasteiger partial charge in [-0.2, -0.15) is 0 Å². The number of carbonyl (C=O) groups is 1. The third-order valence-electron chi connectivity index (χ3n) is 15.0. The number of phosphoric acid groups is 1. The maximum Gasteiger partial charge on any atom is 0.268 e. The van der Waals surface area contributed by atoms with Crippen molar-refractivity contribution in [2.75, 3.05) is 40.9 Å². The largest absolute Gasteiger partial charge is 0.756 e. The van der Waals surface area contributed by atoms with Gasteiger partial charge >= 0.3 is 0 Å².